The molecule has 0 bridgehead atoms. The number of halogens is 1. The molecule has 33 heavy (non-hydrogen) atoms. The normalized spacial score (nSPS) is 18.2. The van der Waals surface area contributed by atoms with Crippen molar-refractivity contribution in [2.45, 2.75) is 45.6 Å². The van der Waals surface area contributed by atoms with Gasteiger partial charge in [0.15, 0.2) is 0 Å². The molecule has 2 atom stereocenters. The van der Waals surface area contributed by atoms with Crippen molar-refractivity contribution in [3.63, 3.8) is 0 Å². The molecule has 8 nitrogen and oxygen atoms in total. The molecule has 1 saturated carbocycles. The molecule has 1 aliphatic carbocycles. The van der Waals surface area contributed by atoms with Gasteiger partial charge in [-0.25, -0.2) is 14.2 Å². The van der Waals surface area contributed by atoms with Crippen molar-refractivity contribution >= 4 is 28.7 Å². The van der Waals surface area contributed by atoms with Crippen molar-refractivity contribution in [3.05, 3.63) is 46.1 Å². The predicted octanol–water partition coefficient (Wildman–Crippen LogP) is 4.18. The van der Waals surface area contributed by atoms with E-state index < -0.39 is 11.8 Å². The summed E-state index contributed by atoms with van der Waals surface area (Å²) in [6.45, 7) is 3.85. The zero-order chi connectivity index (χ0) is 23.7. The maximum absolute atomic E-state index is 14.7. The first-order valence-electron chi connectivity index (χ1n) is 11.2. The van der Waals surface area contributed by atoms with Gasteiger partial charge in [0.2, 0.25) is 5.95 Å². The Balaban J connectivity index is 1.68. The van der Waals surface area contributed by atoms with E-state index in [1.807, 2.05) is 0 Å². The average Bonchev–Trinajstić information content (AvgIpc) is 2.79. The minimum Gasteiger partial charge on any atom is -0.357 e. The van der Waals surface area contributed by atoms with Gasteiger partial charge in [0.25, 0.3) is 5.56 Å². The Morgan fingerprint density at radius 2 is 1.94 bits per heavy atom. The summed E-state index contributed by atoms with van der Waals surface area (Å²) in [7, 11) is 3.34. The lowest BCUT2D eigenvalue weighted by molar-refractivity contribution is 0.232. The van der Waals surface area contributed by atoms with Crippen molar-refractivity contribution in [1.82, 2.24) is 19.9 Å². The first kappa shape index (κ1) is 22.7. The number of benzene rings is 1. The number of carbonyl (C=O) groups excluding carboxylic acids is 1. The number of anilines is 2. The van der Waals surface area contributed by atoms with E-state index >= 15 is 0 Å². The zero-order valence-electron chi connectivity index (χ0n) is 19.3. The molecule has 0 saturated heterocycles. The summed E-state index contributed by atoms with van der Waals surface area (Å²) in [4.78, 5) is 34.3. The van der Waals surface area contributed by atoms with E-state index in [0.717, 1.165) is 19.3 Å². The topological polar surface area (TPSA) is 101 Å². The number of rotatable bonds is 4. The Labute approximate surface area is 191 Å². The summed E-state index contributed by atoms with van der Waals surface area (Å²) in [5, 5.41) is 9.14. The predicted molar refractivity (Wildman–Crippen MR) is 128 cm³/mol. The highest BCUT2D eigenvalue weighted by molar-refractivity contribution is 5.91. The molecular weight excluding hydrogens is 423 g/mol. The minimum absolute atomic E-state index is 0.0282. The Bertz CT molecular complexity index is 1270. The summed E-state index contributed by atoms with van der Waals surface area (Å²) in [5.41, 5.74) is 1.75. The number of hydrogen-bond acceptors (Lipinski definition) is 5. The molecule has 1 fully saturated rings. The maximum Gasteiger partial charge on any atom is 0.319 e. The third-order valence-electron chi connectivity index (χ3n) is 6.45. The van der Waals surface area contributed by atoms with Gasteiger partial charge in [-0.05, 0) is 55.0 Å². The number of urea groups is 1. The van der Waals surface area contributed by atoms with Crippen LogP contribution in [0.5, 0.6) is 0 Å². The van der Waals surface area contributed by atoms with Crippen LogP contribution in [0.15, 0.2) is 29.2 Å². The van der Waals surface area contributed by atoms with Gasteiger partial charge in [-0.3, -0.25) is 9.36 Å². The number of carbonyl (C=O) groups is 1. The molecule has 3 aromatic rings. The Kier molecular flexibility index (Phi) is 6.31. The highest BCUT2D eigenvalue weighted by Crippen LogP contribution is 2.29. The number of nitrogens with zero attached hydrogens (tertiary/aromatic N) is 3. The fourth-order valence-corrected chi connectivity index (χ4v) is 4.48. The molecule has 0 aliphatic heterocycles. The summed E-state index contributed by atoms with van der Waals surface area (Å²) in [5.74, 6) is 0.241. The summed E-state index contributed by atoms with van der Waals surface area (Å²) >= 11 is 0. The molecule has 1 aromatic carbocycles. The van der Waals surface area contributed by atoms with Gasteiger partial charge in [-0.15, -0.1) is 0 Å². The summed E-state index contributed by atoms with van der Waals surface area (Å²) in [6, 6.07) is 4.17. The van der Waals surface area contributed by atoms with Crippen LogP contribution >= 0.6 is 0 Å². The van der Waals surface area contributed by atoms with Crippen molar-refractivity contribution < 1.29 is 9.18 Å². The van der Waals surface area contributed by atoms with Crippen LogP contribution in [0.3, 0.4) is 0 Å². The van der Waals surface area contributed by atoms with E-state index in [4.69, 9.17) is 0 Å². The van der Waals surface area contributed by atoms with Crippen LogP contribution in [0.25, 0.3) is 22.2 Å². The van der Waals surface area contributed by atoms with Crippen LogP contribution in [0.2, 0.25) is 0 Å². The largest absolute Gasteiger partial charge is 0.357 e. The molecule has 9 heteroatoms. The number of pyridine rings is 1. The molecule has 2 aromatic heterocycles. The molecule has 174 valence electrons. The number of fused-ring (bicyclic) bond motifs is 1. The third-order valence-corrected chi connectivity index (χ3v) is 6.45. The van der Waals surface area contributed by atoms with Gasteiger partial charge < -0.3 is 16.0 Å². The van der Waals surface area contributed by atoms with Gasteiger partial charge in [0.05, 0.1) is 5.69 Å². The lowest BCUT2D eigenvalue weighted by atomic mass is 9.86. The summed E-state index contributed by atoms with van der Waals surface area (Å²) < 4.78 is 16.2. The van der Waals surface area contributed by atoms with Gasteiger partial charge in [0.1, 0.15) is 11.5 Å². The monoisotopic (exact) mass is 452 g/mol. The van der Waals surface area contributed by atoms with E-state index in [1.165, 1.54) is 23.1 Å². The van der Waals surface area contributed by atoms with Gasteiger partial charge >= 0.3 is 6.03 Å². The average molecular weight is 453 g/mol. The highest BCUT2D eigenvalue weighted by Gasteiger charge is 2.23. The van der Waals surface area contributed by atoms with Crippen LogP contribution in [0.4, 0.5) is 20.8 Å². The number of nitrogens with one attached hydrogen (secondary N) is 3. The molecule has 1 aliphatic rings. The molecule has 0 radical (unpaired) electrons. The number of aromatic nitrogens is 3. The molecule has 0 unspecified atom stereocenters. The van der Waals surface area contributed by atoms with Crippen LogP contribution in [0.1, 0.15) is 38.2 Å². The van der Waals surface area contributed by atoms with Crippen LogP contribution < -0.4 is 21.5 Å². The number of amides is 2. The Morgan fingerprint density at radius 1 is 1.18 bits per heavy atom. The van der Waals surface area contributed by atoms with Crippen molar-refractivity contribution in [3.8, 4) is 11.1 Å². The van der Waals surface area contributed by atoms with E-state index in [0.29, 0.717) is 39.6 Å². The van der Waals surface area contributed by atoms with Gasteiger partial charge in [0, 0.05) is 37.3 Å². The zero-order valence-corrected chi connectivity index (χ0v) is 19.3. The van der Waals surface area contributed by atoms with Gasteiger partial charge in [-0.2, -0.15) is 4.98 Å². The maximum atomic E-state index is 14.7. The molecule has 2 amide bonds. The molecule has 0 spiro atoms. The molecule has 4 rings (SSSR count). The first-order chi connectivity index (χ1) is 15.8. The number of hydrogen-bond donors (Lipinski definition) is 3. The fraction of sp³-hybridized carbons (Fsp3) is 0.417. The van der Waals surface area contributed by atoms with E-state index in [-0.39, 0.29) is 17.3 Å². The van der Waals surface area contributed by atoms with Crippen molar-refractivity contribution in [1.29, 1.82) is 0 Å². The van der Waals surface area contributed by atoms with Gasteiger partial charge in [-0.1, -0.05) is 19.8 Å². The minimum atomic E-state index is -0.553. The standard InChI is InChI=1S/C24H29FN6O2/c1-13-7-5-6-8-19(13)28-24(33)29-20-11-16(14(2)9-18(20)25)17-10-15-12-27-23(26-3)30-21(15)31(4)22(17)32/h9-13,19H,5-8H2,1-4H3,(H,26,27,30)(H2,28,29,33)/t13-,19-/m1/s1. The Hall–Kier alpha value is -3.49. The second kappa shape index (κ2) is 9.17. The Morgan fingerprint density at radius 3 is 2.67 bits per heavy atom. The van der Waals surface area contributed by atoms with E-state index in [2.05, 4.69) is 32.8 Å². The molecule has 3 N–H and O–H groups in total. The second-order valence-corrected chi connectivity index (χ2v) is 8.76. The summed E-state index contributed by atoms with van der Waals surface area (Å²) in [6.07, 6.45) is 5.86. The fourth-order valence-electron chi connectivity index (χ4n) is 4.48. The van der Waals surface area contributed by atoms with E-state index in [1.54, 1.807) is 33.3 Å². The molecular formula is C24H29FN6O2. The third kappa shape index (κ3) is 4.53. The van der Waals surface area contributed by atoms with Crippen molar-refractivity contribution in [2.24, 2.45) is 13.0 Å². The first-order valence-corrected chi connectivity index (χ1v) is 11.2. The number of aryl methyl sites for hydroxylation is 2. The molecule has 2 heterocycles. The lowest BCUT2D eigenvalue weighted by Crippen LogP contribution is -2.43. The van der Waals surface area contributed by atoms with Crippen LogP contribution in [-0.2, 0) is 7.05 Å². The second-order valence-electron chi connectivity index (χ2n) is 8.76. The van der Waals surface area contributed by atoms with Crippen LogP contribution in [-0.4, -0.2) is 33.7 Å². The van der Waals surface area contributed by atoms with Crippen molar-refractivity contribution in [2.75, 3.05) is 17.7 Å². The SMILES string of the molecule is CNc1ncc2cc(-c3cc(NC(=O)N[C@@H]4CCCC[C@H]4C)c(F)cc3C)c(=O)n(C)c2n1. The highest BCUT2D eigenvalue weighted by atomic mass is 19.1. The van der Waals surface area contributed by atoms with E-state index in [9.17, 15) is 14.0 Å². The van der Waals surface area contributed by atoms with Crippen LogP contribution in [0, 0.1) is 18.7 Å². The lowest BCUT2D eigenvalue weighted by Gasteiger charge is -2.29. The quantitative estimate of drug-likeness (QED) is 0.551. The smallest absolute Gasteiger partial charge is 0.319 e.